The van der Waals surface area contributed by atoms with Crippen molar-refractivity contribution in [2.45, 2.75) is 18.3 Å². The third-order valence-corrected chi connectivity index (χ3v) is 8.25. The largest absolute Gasteiger partial charge is 0.456 e. The first-order valence-corrected chi connectivity index (χ1v) is 12.0. The topological polar surface area (TPSA) is 13.1 Å². The van der Waals surface area contributed by atoms with Crippen molar-refractivity contribution < 1.29 is 4.42 Å². The molecule has 0 amide bonds. The van der Waals surface area contributed by atoms with Gasteiger partial charge < -0.3 is 4.42 Å². The third kappa shape index (κ3) is 2.60. The zero-order valence-corrected chi connectivity index (χ0v) is 19.1. The minimum absolute atomic E-state index is 0.0409. The average Bonchev–Trinajstić information content (AvgIpc) is 3.24. The van der Waals surface area contributed by atoms with Gasteiger partial charge in [0.2, 0.25) is 0 Å². The maximum atomic E-state index is 6.65. The minimum Gasteiger partial charge on any atom is -0.456 e. The van der Waals surface area contributed by atoms with E-state index in [-0.39, 0.29) is 5.41 Å². The quantitative estimate of drug-likeness (QED) is 0.285. The van der Waals surface area contributed by atoms with Gasteiger partial charge in [-0.2, -0.15) is 0 Å². The van der Waals surface area contributed by atoms with E-state index in [1.807, 2.05) is 24.3 Å². The number of allylic oxidation sites excluding steroid dienone is 8. The predicted octanol–water partition coefficient (Wildman–Crippen LogP) is 8.75. The van der Waals surface area contributed by atoms with Gasteiger partial charge in [0.05, 0.1) is 5.02 Å². The van der Waals surface area contributed by atoms with Crippen LogP contribution < -0.4 is 0 Å². The van der Waals surface area contributed by atoms with Crippen LogP contribution in [0.4, 0.5) is 0 Å². The molecule has 0 fully saturated rings. The normalized spacial score (nSPS) is 27.0. The Labute approximate surface area is 198 Å². The number of rotatable bonds is 1. The molecule has 160 valence electrons. The van der Waals surface area contributed by atoms with Gasteiger partial charge >= 0.3 is 0 Å². The summed E-state index contributed by atoms with van der Waals surface area (Å²) < 4.78 is 6.16. The summed E-state index contributed by atoms with van der Waals surface area (Å²) >= 11 is 6.65. The van der Waals surface area contributed by atoms with Crippen molar-refractivity contribution in [1.29, 1.82) is 0 Å². The smallest absolute Gasteiger partial charge is 0.136 e. The highest BCUT2D eigenvalue weighted by Gasteiger charge is 2.46. The zero-order chi connectivity index (χ0) is 22.2. The van der Waals surface area contributed by atoms with Gasteiger partial charge in [0.1, 0.15) is 11.2 Å². The first-order valence-electron chi connectivity index (χ1n) is 11.6. The van der Waals surface area contributed by atoms with E-state index in [0.717, 1.165) is 27.0 Å². The third-order valence-electron chi connectivity index (χ3n) is 7.93. The molecule has 4 atom stereocenters. The monoisotopic (exact) mass is 446 g/mol. The van der Waals surface area contributed by atoms with Crippen LogP contribution in [0.25, 0.3) is 33.1 Å². The molecule has 1 aromatic heterocycles. The molecule has 3 aliphatic rings. The molecule has 0 radical (unpaired) electrons. The molecule has 3 aliphatic carbocycles. The summed E-state index contributed by atoms with van der Waals surface area (Å²) in [5.41, 5.74) is 6.89. The summed E-state index contributed by atoms with van der Waals surface area (Å²) in [5, 5.41) is 2.81. The van der Waals surface area contributed by atoms with Crippen LogP contribution in [0.15, 0.2) is 108 Å². The Kier molecular flexibility index (Phi) is 3.99. The first-order chi connectivity index (χ1) is 16.1. The highest BCUT2D eigenvalue weighted by atomic mass is 35.5. The number of benzene rings is 3. The number of hydrogen-bond acceptors (Lipinski definition) is 1. The molecule has 1 nitrogen and oxygen atoms in total. The Morgan fingerprint density at radius 1 is 0.818 bits per heavy atom. The summed E-state index contributed by atoms with van der Waals surface area (Å²) in [7, 11) is 0. The zero-order valence-electron chi connectivity index (χ0n) is 18.3. The molecule has 0 bridgehead atoms. The van der Waals surface area contributed by atoms with E-state index in [1.54, 1.807) is 0 Å². The summed E-state index contributed by atoms with van der Waals surface area (Å²) in [6, 6.07) is 19.2. The van der Waals surface area contributed by atoms with E-state index in [0.29, 0.717) is 17.8 Å². The molecule has 0 N–H and O–H groups in total. The summed E-state index contributed by atoms with van der Waals surface area (Å²) in [6.07, 6.45) is 18.4. The van der Waals surface area contributed by atoms with E-state index in [4.69, 9.17) is 16.0 Å². The van der Waals surface area contributed by atoms with Crippen LogP contribution in [0.2, 0.25) is 5.02 Å². The van der Waals surface area contributed by atoms with Crippen molar-refractivity contribution in [2.24, 2.45) is 11.8 Å². The van der Waals surface area contributed by atoms with Crippen molar-refractivity contribution in [3.63, 3.8) is 0 Å². The van der Waals surface area contributed by atoms with Gasteiger partial charge in [-0.1, -0.05) is 97.5 Å². The van der Waals surface area contributed by atoms with Crippen LogP contribution in [-0.2, 0) is 5.41 Å². The second-order valence-electron chi connectivity index (χ2n) is 9.62. The Morgan fingerprint density at radius 3 is 2.52 bits per heavy atom. The molecule has 7 rings (SSSR count). The lowest BCUT2D eigenvalue weighted by Crippen LogP contribution is -2.42. The summed E-state index contributed by atoms with van der Waals surface area (Å²) in [4.78, 5) is 0. The Bertz CT molecular complexity index is 1560. The van der Waals surface area contributed by atoms with Gasteiger partial charge in [-0.3, -0.25) is 0 Å². The SMILES string of the molecule is CC12C=CC=CC1C1C=CC=CC1c1ccc(-c3cccc4oc5cccc(Cl)c5c34)cc12. The van der Waals surface area contributed by atoms with Gasteiger partial charge in [-0.15, -0.1) is 0 Å². The molecular formula is C31H23ClO. The van der Waals surface area contributed by atoms with E-state index >= 15 is 0 Å². The number of fused-ring (bicyclic) bond motifs is 9. The molecule has 0 saturated carbocycles. The molecular weight excluding hydrogens is 424 g/mol. The van der Waals surface area contributed by atoms with Crippen LogP contribution in [0.5, 0.6) is 0 Å². The second-order valence-corrected chi connectivity index (χ2v) is 10.0. The first kappa shape index (κ1) is 19.2. The molecule has 4 unspecified atom stereocenters. The lowest BCUT2D eigenvalue weighted by molar-refractivity contribution is 0.287. The van der Waals surface area contributed by atoms with Crippen molar-refractivity contribution in [2.75, 3.05) is 0 Å². The van der Waals surface area contributed by atoms with Crippen molar-refractivity contribution >= 4 is 33.5 Å². The summed E-state index contributed by atoms with van der Waals surface area (Å²) in [5.74, 6) is 1.34. The Hall–Kier alpha value is -3.29. The fraction of sp³-hybridized carbons (Fsp3) is 0.161. The molecule has 2 heteroatoms. The number of furan rings is 1. The highest BCUT2D eigenvalue weighted by Crippen LogP contribution is 2.55. The predicted molar refractivity (Wildman–Crippen MR) is 138 cm³/mol. The molecule has 3 aromatic carbocycles. The van der Waals surface area contributed by atoms with E-state index in [2.05, 4.69) is 85.9 Å². The molecule has 0 spiro atoms. The Morgan fingerprint density at radius 2 is 1.61 bits per heavy atom. The highest BCUT2D eigenvalue weighted by molar-refractivity contribution is 6.38. The van der Waals surface area contributed by atoms with Crippen LogP contribution >= 0.6 is 11.6 Å². The van der Waals surface area contributed by atoms with E-state index in [9.17, 15) is 0 Å². The van der Waals surface area contributed by atoms with Crippen LogP contribution in [-0.4, -0.2) is 0 Å². The molecule has 4 aromatic rings. The van der Waals surface area contributed by atoms with Gasteiger partial charge in [0.15, 0.2) is 0 Å². The van der Waals surface area contributed by atoms with Crippen molar-refractivity contribution in [3.8, 4) is 11.1 Å². The second kappa shape index (κ2) is 6.85. The number of halogens is 1. The number of hydrogen-bond donors (Lipinski definition) is 0. The molecule has 0 saturated heterocycles. The van der Waals surface area contributed by atoms with Gasteiger partial charge in [-0.05, 0) is 58.4 Å². The fourth-order valence-corrected chi connectivity index (χ4v) is 6.63. The fourth-order valence-electron chi connectivity index (χ4n) is 6.37. The van der Waals surface area contributed by atoms with Crippen LogP contribution in [0, 0.1) is 11.8 Å². The Balaban J connectivity index is 1.50. The van der Waals surface area contributed by atoms with Crippen molar-refractivity contribution in [1.82, 2.24) is 0 Å². The van der Waals surface area contributed by atoms with E-state index in [1.165, 1.54) is 22.3 Å². The van der Waals surface area contributed by atoms with Crippen molar-refractivity contribution in [3.05, 3.63) is 119 Å². The lowest BCUT2D eigenvalue weighted by Gasteiger charge is -2.49. The van der Waals surface area contributed by atoms with Crippen LogP contribution in [0.3, 0.4) is 0 Å². The molecule has 33 heavy (non-hydrogen) atoms. The van der Waals surface area contributed by atoms with Crippen LogP contribution in [0.1, 0.15) is 24.0 Å². The van der Waals surface area contributed by atoms with Gasteiger partial charge in [0.25, 0.3) is 0 Å². The van der Waals surface area contributed by atoms with Gasteiger partial charge in [-0.25, -0.2) is 0 Å². The minimum atomic E-state index is -0.0409. The average molecular weight is 447 g/mol. The standard InChI is InChI=1S/C31H23ClO/c1-31-17-5-4-11-24(31)22-9-3-2-8-21(22)23-16-15-19(18-25(23)31)20-10-6-13-27-29(20)30-26(32)12-7-14-28(30)33-27/h2-18,21-22,24H,1H3. The maximum absolute atomic E-state index is 6.65. The molecule has 0 aliphatic heterocycles. The van der Waals surface area contributed by atoms with E-state index < -0.39 is 0 Å². The summed E-state index contributed by atoms with van der Waals surface area (Å²) in [6.45, 7) is 2.40. The maximum Gasteiger partial charge on any atom is 0.136 e. The molecule has 1 heterocycles. The lowest BCUT2D eigenvalue weighted by atomic mass is 9.54. The van der Waals surface area contributed by atoms with Gasteiger partial charge in [0, 0.05) is 22.1 Å².